The van der Waals surface area contributed by atoms with E-state index < -0.39 is 0 Å². The number of carbonyl (C=O) groups excluding carboxylic acids is 2. The number of allylic oxidation sites excluding steroid dienone is 1. The highest BCUT2D eigenvalue weighted by molar-refractivity contribution is 5.90. The maximum Gasteiger partial charge on any atom is 0.161 e. The lowest BCUT2D eigenvalue weighted by Gasteiger charge is -2.04. The van der Waals surface area contributed by atoms with Crippen molar-refractivity contribution in [2.75, 3.05) is 14.2 Å². The molecular formula is C19H20O6. The van der Waals surface area contributed by atoms with Crippen LogP contribution in [0.4, 0.5) is 0 Å². The number of ether oxygens (including phenoxy) is 2. The topological polar surface area (TPSA) is 93.1 Å². The van der Waals surface area contributed by atoms with E-state index in [1.165, 1.54) is 44.6 Å². The summed E-state index contributed by atoms with van der Waals surface area (Å²) < 4.78 is 9.69. The van der Waals surface area contributed by atoms with Crippen molar-refractivity contribution < 1.29 is 29.3 Å². The molecule has 0 bridgehead atoms. The van der Waals surface area contributed by atoms with E-state index in [-0.39, 0.29) is 23.7 Å². The van der Waals surface area contributed by atoms with Crippen LogP contribution in [0.2, 0.25) is 0 Å². The average molecular weight is 344 g/mol. The van der Waals surface area contributed by atoms with Crippen LogP contribution in [-0.2, 0) is 11.2 Å². The molecule has 2 rings (SSSR count). The van der Waals surface area contributed by atoms with E-state index in [0.717, 1.165) is 5.56 Å². The number of benzene rings is 2. The largest absolute Gasteiger partial charge is 0.504 e. The summed E-state index contributed by atoms with van der Waals surface area (Å²) in [5.74, 6) is 0.743. The monoisotopic (exact) mass is 344 g/mol. The number of ketones is 1. The number of phenols is 2. The molecular weight excluding hydrogens is 324 g/mol. The Hall–Kier alpha value is -3.28. The third kappa shape index (κ3) is 6.02. The molecule has 6 heteroatoms. The van der Waals surface area contributed by atoms with E-state index in [1.807, 2.05) is 0 Å². The number of carbonyl (C=O) groups is 2. The van der Waals surface area contributed by atoms with Crippen LogP contribution in [0.15, 0.2) is 49.1 Å². The van der Waals surface area contributed by atoms with E-state index >= 15 is 0 Å². The van der Waals surface area contributed by atoms with Crippen molar-refractivity contribution in [3.63, 3.8) is 0 Å². The van der Waals surface area contributed by atoms with E-state index in [9.17, 15) is 14.7 Å². The van der Waals surface area contributed by atoms with Gasteiger partial charge in [0.15, 0.2) is 28.8 Å². The van der Waals surface area contributed by atoms with Gasteiger partial charge < -0.3 is 19.7 Å². The summed E-state index contributed by atoms with van der Waals surface area (Å²) in [5, 5.41) is 18.4. The predicted molar refractivity (Wildman–Crippen MR) is 93.6 cm³/mol. The lowest BCUT2D eigenvalue weighted by molar-refractivity contribution is -0.114. The van der Waals surface area contributed by atoms with E-state index in [4.69, 9.17) is 14.6 Å². The molecule has 2 N–H and O–H groups in total. The van der Waals surface area contributed by atoms with Gasteiger partial charge in [0, 0.05) is 12.0 Å². The minimum Gasteiger partial charge on any atom is -0.504 e. The van der Waals surface area contributed by atoms with Gasteiger partial charge in [-0.05, 0) is 42.0 Å². The summed E-state index contributed by atoms with van der Waals surface area (Å²) in [4.78, 5) is 21.3. The quantitative estimate of drug-likeness (QED) is 0.618. The molecule has 0 fully saturated rings. The average Bonchev–Trinajstić information content (AvgIpc) is 2.64. The van der Waals surface area contributed by atoms with Gasteiger partial charge >= 0.3 is 0 Å². The molecule has 0 aromatic heterocycles. The van der Waals surface area contributed by atoms with Gasteiger partial charge in [-0.3, -0.25) is 9.59 Å². The maximum atomic E-state index is 11.0. The molecule has 0 aliphatic carbocycles. The third-order valence-electron chi connectivity index (χ3n) is 3.19. The minimum absolute atomic E-state index is 0.0399. The van der Waals surface area contributed by atoms with Crippen molar-refractivity contribution in [2.24, 2.45) is 0 Å². The van der Waals surface area contributed by atoms with Crippen LogP contribution >= 0.6 is 0 Å². The number of hydrogen-bond acceptors (Lipinski definition) is 6. The number of aldehydes is 1. The van der Waals surface area contributed by atoms with E-state index in [2.05, 4.69) is 6.58 Å². The highest BCUT2D eigenvalue weighted by Crippen LogP contribution is 2.26. The molecule has 0 saturated heterocycles. The van der Waals surface area contributed by atoms with Crippen molar-refractivity contribution in [3.05, 3.63) is 60.2 Å². The lowest BCUT2D eigenvalue weighted by Crippen LogP contribution is -1.98. The predicted octanol–water partition coefficient (Wildman–Crippen LogP) is 2.91. The molecule has 0 amide bonds. The van der Waals surface area contributed by atoms with E-state index in [1.54, 1.807) is 12.1 Å². The smallest absolute Gasteiger partial charge is 0.161 e. The summed E-state index contributed by atoms with van der Waals surface area (Å²) in [6.45, 7) is 3.39. The Morgan fingerprint density at radius 3 is 2.12 bits per heavy atom. The molecule has 0 atom stereocenters. The molecule has 0 heterocycles. The Kier molecular flexibility index (Phi) is 7.72. The van der Waals surface area contributed by atoms with Crippen LogP contribution < -0.4 is 9.47 Å². The Morgan fingerprint density at radius 2 is 1.60 bits per heavy atom. The SMILES string of the molecule is C=CC(=O)Cc1ccc(O)c(OC)c1.COc1cc(C=O)ccc1O. The first-order chi connectivity index (χ1) is 11.9. The zero-order valence-electron chi connectivity index (χ0n) is 14.1. The Balaban J connectivity index is 0.000000257. The van der Waals surface area contributed by atoms with Gasteiger partial charge in [-0.15, -0.1) is 0 Å². The van der Waals surface area contributed by atoms with Gasteiger partial charge in [-0.2, -0.15) is 0 Å². The molecule has 25 heavy (non-hydrogen) atoms. The second-order valence-electron chi connectivity index (χ2n) is 4.90. The van der Waals surface area contributed by atoms with Gasteiger partial charge in [-0.1, -0.05) is 12.6 Å². The number of hydrogen-bond donors (Lipinski definition) is 2. The highest BCUT2D eigenvalue weighted by Gasteiger charge is 2.04. The highest BCUT2D eigenvalue weighted by atomic mass is 16.5. The molecule has 0 aliphatic rings. The van der Waals surface area contributed by atoms with Crippen molar-refractivity contribution in [1.82, 2.24) is 0 Å². The summed E-state index contributed by atoms with van der Waals surface area (Å²) >= 11 is 0. The molecule has 0 spiro atoms. The Bertz CT molecular complexity index is 752. The third-order valence-corrected chi connectivity index (χ3v) is 3.19. The fourth-order valence-electron chi connectivity index (χ4n) is 1.87. The first-order valence-electron chi connectivity index (χ1n) is 7.28. The van der Waals surface area contributed by atoms with Gasteiger partial charge in [0.1, 0.15) is 6.29 Å². The van der Waals surface area contributed by atoms with Crippen LogP contribution in [0.3, 0.4) is 0 Å². The summed E-state index contributed by atoms with van der Waals surface area (Å²) in [7, 11) is 2.90. The van der Waals surface area contributed by atoms with Gasteiger partial charge in [0.05, 0.1) is 14.2 Å². The molecule has 0 saturated carbocycles. The van der Waals surface area contributed by atoms with Crippen LogP contribution in [0.5, 0.6) is 23.0 Å². The second-order valence-corrected chi connectivity index (χ2v) is 4.90. The van der Waals surface area contributed by atoms with Gasteiger partial charge in [0.2, 0.25) is 0 Å². The summed E-state index contributed by atoms with van der Waals surface area (Å²) in [6, 6.07) is 9.23. The van der Waals surface area contributed by atoms with Crippen LogP contribution in [-0.4, -0.2) is 36.5 Å². The molecule has 2 aromatic rings. The van der Waals surface area contributed by atoms with Crippen molar-refractivity contribution in [2.45, 2.75) is 6.42 Å². The maximum absolute atomic E-state index is 11.0. The van der Waals surface area contributed by atoms with Crippen LogP contribution in [0, 0.1) is 0 Å². The zero-order valence-corrected chi connectivity index (χ0v) is 14.1. The first kappa shape index (κ1) is 19.8. The lowest BCUT2D eigenvalue weighted by atomic mass is 10.1. The van der Waals surface area contributed by atoms with E-state index in [0.29, 0.717) is 23.3 Å². The Labute approximate surface area is 145 Å². The fourth-order valence-corrected chi connectivity index (χ4v) is 1.87. The van der Waals surface area contributed by atoms with Crippen LogP contribution in [0.1, 0.15) is 15.9 Å². The summed E-state index contributed by atoms with van der Waals surface area (Å²) in [6.07, 6.45) is 2.25. The normalized spacial score (nSPS) is 9.36. The number of aromatic hydroxyl groups is 2. The fraction of sp³-hybridized carbons (Fsp3) is 0.158. The van der Waals surface area contributed by atoms with Gasteiger partial charge in [-0.25, -0.2) is 0 Å². The molecule has 2 aromatic carbocycles. The second kappa shape index (κ2) is 9.77. The first-order valence-corrected chi connectivity index (χ1v) is 7.28. The van der Waals surface area contributed by atoms with Crippen molar-refractivity contribution in [1.29, 1.82) is 0 Å². The molecule has 132 valence electrons. The van der Waals surface area contributed by atoms with Crippen molar-refractivity contribution >= 4 is 12.1 Å². The zero-order chi connectivity index (χ0) is 18.8. The number of phenolic OH excluding ortho intramolecular Hbond substituents is 2. The molecule has 0 radical (unpaired) electrons. The standard InChI is InChI=1S/C11H12O3.C8H8O3/c1-3-9(12)6-8-4-5-10(13)11(7-8)14-2;1-11-8-4-6(5-9)2-3-7(8)10/h3-5,7,13H,1,6H2,2H3;2-5,10H,1H3. The minimum atomic E-state index is -0.0576. The van der Waals surface area contributed by atoms with Crippen LogP contribution in [0.25, 0.3) is 0 Å². The molecule has 0 aliphatic heterocycles. The summed E-state index contributed by atoms with van der Waals surface area (Å²) in [5.41, 5.74) is 1.28. The molecule has 0 unspecified atom stereocenters. The molecule has 6 nitrogen and oxygen atoms in total. The van der Waals surface area contributed by atoms with Crippen molar-refractivity contribution in [3.8, 4) is 23.0 Å². The number of rotatable bonds is 6. The van der Waals surface area contributed by atoms with Gasteiger partial charge in [0.25, 0.3) is 0 Å². The number of methoxy groups -OCH3 is 2. The Morgan fingerprint density at radius 1 is 1.04 bits per heavy atom.